The minimum atomic E-state index is -0.509. The number of nitrogens with zero attached hydrogens (tertiary/aromatic N) is 2. The quantitative estimate of drug-likeness (QED) is 0.435. The van der Waals surface area contributed by atoms with Gasteiger partial charge in [0.1, 0.15) is 22.1 Å². The Kier molecular flexibility index (Phi) is 4.07. The van der Waals surface area contributed by atoms with Crippen molar-refractivity contribution in [1.29, 1.82) is 0 Å². The Balaban J connectivity index is 1.81. The third-order valence-corrected chi connectivity index (χ3v) is 4.66. The number of aromatic nitrogens is 2. The third kappa shape index (κ3) is 3.18. The lowest BCUT2D eigenvalue weighted by Crippen LogP contribution is -1.95. The van der Waals surface area contributed by atoms with Gasteiger partial charge in [0.2, 0.25) is 5.88 Å². The first-order valence-corrected chi connectivity index (χ1v) is 8.50. The van der Waals surface area contributed by atoms with E-state index in [4.69, 9.17) is 16.3 Å². The second-order valence-corrected chi connectivity index (χ2v) is 6.50. The SMILES string of the molecule is Fc1ccc(Oc2nc(-c3ccc(F)c(Cl)c3)nc3ccsc23)cc1. The number of halogens is 3. The Bertz CT molecular complexity index is 1070. The first kappa shape index (κ1) is 15.9. The van der Waals surface area contributed by atoms with E-state index in [0.29, 0.717) is 28.5 Å². The van der Waals surface area contributed by atoms with Crippen LogP contribution in [0.4, 0.5) is 8.78 Å². The lowest BCUT2D eigenvalue weighted by atomic mass is 10.2. The summed E-state index contributed by atoms with van der Waals surface area (Å²) in [4.78, 5) is 8.90. The summed E-state index contributed by atoms with van der Waals surface area (Å²) in [6, 6.07) is 11.8. The molecule has 0 spiro atoms. The van der Waals surface area contributed by atoms with E-state index in [9.17, 15) is 8.78 Å². The number of hydrogen-bond donors (Lipinski definition) is 0. The molecular weight excluding hydrogens is 366 g/mol. The molecule has 2 aromatic heterocycles. The van der Waals surface area contributed by atoms with Gasteiger partial charge in [-0.05, 0) is 53.9 Å². The highest BCUT2D eigenvalue weighted by atomic mass is 35.5. The van der Waals surface area contributed by atoms with Crippen molar-refractivity contribution >= 4 is 33.2 Å². The van der Waals surface area contributed by atoms with Gasteiger partial charge in [0.25, 0.3) is 0 Å². The van der Waals surface area contributed by atoms with Gasteiger partial charge < -0.3 is 4.74 Å². The Labute approximate surface area is 150 Å². The van der Waals surface area contributed by atoms with Crippen LogP contribution in [0.3, 0.4) is 0 Å². The van der Waals surface area contributed by atoms with Crippen molar-refractivity contribution in [3.05, 3.63) is 70.6 Å². The fourth-order valence-electron chi connectivity index (χ4n) is 2.28. The minimum Gasteiger partial charge on any atom is -0.437 e. The summed E-state index contributed by atoms with van der Waals surface area (Å²) in [5.74, 6) is 0.313. The van der Waals surface area contributed by atoms with Gasteiger partial charge in [0.05, 0.1) is 10.5 Å². The van der Waals surface area contributed by atoms with E-state index < -0.39 is 5.82 Å². The van der Waals surface area contributed by atoms with Crippen LogP contribution in [0.5, 0.6) is 11.6 Å². The van der Waals surface area contributed by atoms with Crippen LogP contribution in [0.15, 0.2) is 53.9 Å². The van der Waals surface area contributed by atoms with Gasteiger partial charge in [-0.15, -0.1) is 11.3 Å². The van der Waals surface area contributed by atoms with Crippen molar-refractivity contribution in [3.8, 4) is 23.0 Å². The second-order valence-electron chi connectivity index (χ2n) is 5.17. The summed E-state index contributed by atoms with van der Waals surface area (Å²) in [6.45, 7) is 0. The van der Waals surface area contributed by atoms with Crippen LogP contribution in [-0.2, 0) is 0 Å². The number of thiophene rings is 1. The van der Waals surface area contributed by atoms with E-state index in [2.05, 4.69) is 9.97 Å². The van der Waals surface area contributed by atoms with Crippen LogP contribution in [0.2, 0.25) is 5.02 Å². The molecule has 25 heavy (non-hydrogen) atoms. The molecule has 0 atom stereocenters. The summed E-state index contributed by atoms with van der Waals surface area (Å²) < 4.78 is 33.0. The summed E-state index contributed by atoms with van der Waals surface area (Å²) in [7, 11) is 0. The van der Waals surface area contributed by atoms with Crippen molar-refractivity contribution in [3.63, 3.8) is 0 Å². The molecule has 124 valence electrons. The number of hydrogen-bond acceptors (Lipinski definition) is 4. The number of rotatable bonds is 3. The van der Waals surface area contributed by atoms with E-state index in [1.54, 1.807) is 6.07 Å². The van der Waals surface area contributed by atoms with Crippen LogP contribution in [0.1, 0.15) is 0 Å². The molecule has 7 heteroatoms. The molecule has 2 heterocycles. The Morgan fingerprint density at radius 1 is 0.960 bits per heavy atom. The summed E-state index contributed by atoms with van der Waals surface area (Å²) in [5, 5.41) is 1.87. The molecule has 0 bridgehead atoms. The standard InChI is InChI=1S/C18H9ClF2N2OS/c19-13-9-10(1-6-14(13)21)17-22-15-7-8-25-16(15)18(23-17)24-12-4-2-11(20)3-5-12/h1-9H. The molecule has 0 saturated heterocycles. The summed E-state index contributed by atoms with van der Waals surface area (Å²) in [5.41, 5.74) is 1.27. The van der Waals surface area contributed by atoms with Crippen molar-refractivity contribution in [2.45, 2.75) is 0 Å². The molecule has 0 amide bonds. The van der Waals surface area contributed by atoms with Gasteiger partial charge in [0.15, 0.2) is 5.82 Å². The second kappa shape index (κ2) is 6.38. The highest BCUT2D eigenvalue weighted by Gasteiger charge is 2.14. The summed E-state index contributed by atoms with van der Waals surface area (Å²) >= 11 is 7.29. The Morgan fingerprint density at radius 3 is 2.52 bits per heavy atom. The maximum Gasteiger partial charge on any atom is 0.240 e. The molecule has 4 rings (SSSR count). The first-order chi connectivity index (χ1) is 12.1. The smallest absolute Gasteiger partial charge is 0.240 e. The van der Waals surface area contributed by atoms with E-state index in [-0.39, 0.29) is 10.8 Å². The van der Waals surface area contributed by atoms with Crippen molar-refractivity contribution in [1.82, 2.24) is 9.97 Å². The van der Waals surface area contributed by atoms with Crippen LogP contribution >= 0.6 is 22.9 Å². The highest BCUT2D eigenvalue weighted by Crippen LogP contribution is 2.34. The van der Waals surface area contributed by atoms with Crippen molar-refractivity contribution in [2.24, 2.45) is 0 Å². The monoisotopic (exact) mass is 374 g/mol. The van der Waals surface area contributed by atoms with Gasteiger partial charge in [-0.3, -0.25) is 0 Å². The van der Waals surface area contributed by atoms with E-state index in [1.165, 1.54) is 47.7 Å². The zero-order valence-electron chi connectivity index (χ0n) is 12.5. The fourth-order valence-corrected chi connectivity index (χ4v) is 3.22. The number of benzene rings is 2. The van der Waals surface area contributed by atoms with E-state index >= 15 is 0 Å². The summed E-state index contributed by atoms with van der Waals surface area (Å²) in [6.07, 6.45) is 0. The van der Waals surface area contributed by atoms with Crippen molar-refractivity contribution < 1.29 is 13.5 Å². The number of ether oxygens (including phenoxy) is 1. The van der Waals surface area contributed by atoms with Crippen LogP contribution in [-0.4, -0.2) is 9.97 Å². The average Bonchev–Trinajstić information content (AvgIpc) is 3.08. The zero-order valence-corrected chi connectivity index (χ0v) is 14.1. The first-order valence-electron chi connectivity index (χ1n) is 7.24. The predicted molar refractivity (Wildman–Crippen MR) is 94.3 cm³/mol. The molecule has 0 radical (unpaired) electrons. The maximum absolute atomic E-state index is 13.4. The third-order valence-electron chi connectivity index (χ3n) is 3.48. The molecule has 0 aliphatic carbocycles. The Hall–Kier alpha value is -2.57. The van der Waals surface area contributed by atoms with E-state index in [1.807, 2.05) is 11.4 Å². The van der Waals surface area contributed by atoms with Gasteiger partial charge in [-0.25, -0.2) is 13.8 Å². The Morgan fingerprint density at radius 2 is 1.76 bits per heavy atom. The minimum absolute atomic E-state index is 0.00693. The van der Waals surface area contributed by atoms with Crippen LogP contribution in [0.25, 0.3) is 21.6 Å². The molecule has 0 unspecified atom stereocenters. The van der Waals surface area contributed by atoms with Gasteiger partial charge in [-0.2, -0.15) is 4.98 Å². The molecule has 0 N–H and O–H groups in total. The molecule has 0 fully saturated rings. The van der Waals surface area contributed by atoms with Gasteiger partial charge >= 0.3 is 0 Å². The normalized spacial score (nSPS) is 11.0. The lowest BCUT2D eigenvalue weighted by Gasteiger charge is -2.08. The van der Waals surface area contributed by atoms with Gasteiger partial charge in [0, 0.05) is 5.56 Å². The molecule has 0 aliphatic rings. The topological polar surface area (TPSA) is 35.0 Å². The molecule has 0 aliphatic heterocycles. The van der Waals surface area contributed by atoms with E-state index in [0.717, 1.165) is 4.70 Å². The van der Waals surface area contributed by atoms with Crippen molar-refractivity contribution in [2.75, 3.05) is 0 Å². The zero-order chi connectivity index (χ0) is 17.4. The fraction of sp³-hybridized carbons (Fsp3) is 0. The average molecular weight is 375 g/mol. The molecular formula is C18H9ClF2N2OS. The predicted octanol–water partition coefficient (Wildman–Crippen LogP) is 6.08. The van der Waals surface area contributed by atoms with Crippen LogP contribution in [0, 0.1) is 11.6 Å². The highest BCUT2D eigenvalue weighted by molar-refractivity contribution is 7.17. The lowest BCUT2D eigenvalue weighted by molar-refractivity contribution is 0.468. The molecule has 0 saturated carbocycles. The van der Waals surface area contributed by atoms with Gasteiger partial charge in [-0.1, -0.05) is 11.6 Å². The van der Waals surface area contributed by atoms with Crippen LogP contribution < -0.4 is 4.74 Å². The molecule has 4 aromatic rings. The molecule has 3 nitrogen and oxygen atoms in total. The molecule has 2 aromatic carbocycles. The number of fused-ring (bicyclic) bond motifs is 1. The largest absolute Gasteiger partial charge is 0.437 e. The maximum atomic E-state index is 13.4.